The van der Waals surface area contributed by atoms with Gasteiger partial charge < -0.3 is 4.90 Å². The Kier molecular flexibility index (Phi) is 2.80. The Morgan fingerprint density at radius 3 is 2.74 bits per heavy atom. The topological polar surface area (TPSA) is 20.3 Å². The van der Waals surface area contributed by atoms with E-state index in [1.807, 2.05) is 4.90 Å². The molecule has 0 aromatic heterocycles. The molecule has 0 saturated carbocycles. The van der Waals surface area contributed by atoms with Gasteiger partial charge in [-0.25, -0.2) is 0 Å². The van der Waals surface area contributed by atoms with Gasteiger partial charge in [0.1, 0.15) is 0 Å². The van der Waals surface area contributed by atoms with Gasteiger partial charge in [-0.05, 0) is 49.4 Å². The third-order valence-corrected chi connectivity index (χ3v) is 4.01. The number of alkyl halides is 3. The summed E-state index contributed by atoms with van der Waals surface area (Å²) in [5.74, 6) is -0.111. The molecule has 0 radical (unpaired) electrons. The smallest absolute Gasteiger partial charge is 0.335 e. The molecule has 2 nitrogen and oxygen atoms in total. The number of amides is 1. The molecule has 1 aromatic carbocycles. The van der Waals surface area contributed by atoms with Crippen LogP contribution in [-0.2, 0) is 12.6 Å². The van der Waals surface area contributed by atoms with E-state index in [1.165, 1.54) is 6.07 Å². The Bertz CT molecular complexity index is 524. The maximum atomic E-state index is 12.7. The lowest BCUT2D eigenvalue weighted by molar-refractivity contribution is -0.137. The number of rotatable bonds is 0. The summed E-state index contributed by atoms with van der Waals surface area (Å²) >= 11 is 0. The van der Waals surface area contributed by atoms with Crippen LogP contribution in [0.25, 0.3) is 0 Å². The fraction of sp³-hybridized carbons (Fsp3) is 0.500. The van der Waals surface area contributed by atoms with Crippen LogP contribution in [0, 0.1) is 0 Å². The van der Waals surface area contributed by atoms with Crippen LogP contribution in [0.15, 0.2) is 18.2 Å². The van der Waals surface area contributed by atoms with Gasteiger partial charge in [0.25, 0.3) is 5.91 Å². The Hall–Kier alpha value is -1.52. The molecule has 2 aliphatic heterocycles. The number of halogens is 3. The summed E-state index contributed by atoms with van der Waals surface area (Å²) in [6.07, 6.45) is -0.880. The summed E-state index contributed by atoms with van der Waals surface area (Å²) in [5, 5.41) is 0. The summed E-state index contributed by atoms with van der Waals surface area (Å²) in [4.78, 5) is 14.1. The second-order valence-electron chi connectivity index (χ2n) is 5.22. The van der Waals surface area contributed by atoms with Crippen molar-refractivity contribution in [2.45, 2.75) is 37.9 Å². The number of benzene rings is 1. The maximum Gasteiger partial charge on any atom is 0.416 e. The van der Waals surface area contributed by atoms with Gasteiger partial charge in [-0.1, -0.05) is 0 Å². The van der Waals surface area contributed by atoms with E-state index in [-0.39, 0.29) is 11.9 Å². The lowest BCUT2D eigenvalue weighted by atomic mass is 9.87. The molecule has 1 aromatic rings. The van der Waals surface area contributed by atoms with Crippen LogP contribution in [0.3, 0.4) is 0 Å². The fourth-order valence-corrected chi connectivity index (χ4v) is 3.04. The van der Waals surface area contributed by atoms with E-state index in [0.717, 1.165) is 37.9 Å². The van der Waals surface area contributed by atoms with Crippen LogP contribution in [0.1, 0.15) is 40.7 Å². The fourth-order valence-electron chi connectivity index (χ4n) is 3.04. The molecule has 1 amide bonds. The van der Waals surface area contributed by atoms with Gasteiger partial charge in [0.2, 0.25) is 0 Å². The molecule has 2 aliphatic rings. The van der Waals surface area contributed by atoms with E-state index in [9.17, 15) is 18.0 Å². The maximum absolute atomic E-state index is 12.7. The molecule has 1 unspecified atom stereocenters. The average Bonchev–Trinajstić information content (AvgIpc) is 2.37. The minimum atomic E-state index is -4.35. The first kappa shape index (κ1) is 12.5. The zero-order chi connectivity index (χ0) is 13.6. The first-order valence-corrected chi connectivity index (χ1v) is 6.48. The van der Waals surface area contributed by atoms with Gasteiger partial charge in [0.15, 0.2) is 0 Å². The number of piperidine rings is 1. The van der Waals surface area contributed by atoms with Crippen molar-refractivity contribution in [3.63, 3.8) is 0 Å². The number of fused-ring (bicyclic) bond motifs is 2. The number of nitrogens with zero attached hydrogens (tertiary/aromatic N) is 1. The van der Waals surface area contributed by atoms with Gasteiger partial charge in [0.05, 0.1) is 5.56 Å². The standard InChI is InChI=1S/C14H14F3NO/c15-14(16,17)10-4-5-12-9(7-10)8-11-3-1-2-6-18(11)13(12)19/h4-5,7,11H,1-3,6,8H2. The van der Waals surface area contributed by atoms with Crippen molar-refractivity contribution >= 4 is 5.91 Å². The highest BCUT2D eigenvalue weighted by Gasteiger charge is 2.36. The molecule has 1 saturated heterocycles. The second kappa shape index (κ2) is 4.25. The van der Waals surface area contributed by atoms with E-state index in [2.05, 4.69) is 0 Å². The van der Waals surface area contributed by atoms with Crippen molar-refractivity contribution < 1.29 is 18.0 Å². The van der Waals surface area contributed by atoms with E-state index >= 15 is 0 Å². The third-order valence-electron chi connectivity index (χ3n) is 4.01. The largest absolute Gasteiger partial charge is 0.416 e. The summed E-state index contributed by atoms with van der Waals surface area (Å²) in [6, 6.07) is 3.54. The summed E-state index contributed by atoms with van der Waals surface area (Å²) < 4.78 is 38.1. The van der Waals surface area contributed by atoms with Gasteiger partial charge >= 0.3 is 6.18 Å². The van der Waals surface area contributed by atoms with Crippen LogP contribution in [0.4, 0.5) is 13.2 Å². The minimum Gasteiger partial charge on any atom is -0.335 e. The molecule has 2 heterocycles. The predicted molar refractivity (Wildman–Crippen MR) is 63.8 cm³/mol. The third kappa shape index (κ3) is 2.11. The zero-order valence-corrected chi connectivity index (χ0v) is 10.3. The Balaban J connectivity index is 2.00. The Morgan fingerprint density at radius 1 is 1.21 bits per heavy atom. The Labute approximate surface area is 109 Å². The van der Waals surface area contributed by atoms with Crippen molar-refractivity contribution in [1.82, 2.24) is 4.90 Å². The molecule has 102 valence electrons. The van der Waals surface area contributed by atoms with E-state index in [1.54, 1.807) is 0 Å². The SMILES string of the molecule is O=C1c2ccc(C(F)(F)F)cc2CC2CCCCN12. The van der Waals surface area contributed by atoms with Crippen molar-refractivity contribution in [1.29, 1.82) is 0 Å². The lowest BCUT2D eigenvalue weighted by Crippen LogP contribution is -2.48. The molecular weight excluding hydrogens is 255 g/mol. The molecule has 1 atom stereocenters. The summed E-state index contributed by atoms with van der Waals surface area (Å²) in [6.45, 7) is 0.726. The predicted octanol–water partition coefficient (Wildman–Crippen LogP) is 3.26. The van der Waals surface area contributed by atoms with Crippen molar-refractivity contribution in [3.05, 3.63) is 34.9 Å². The molecular formula is C14H14F3NO. The number of hydrogen-bond donors (Lipinski definition) is 0. The van der Waals surface area contributed by atoms with Crippen LogP contribution in [0.2, 0.25) is 0 Å². The molecule has 3 rings (SSSR count). The highest BCUT2D eigenvalue weighted by molar-refractivity contribution is 5.97. The Morgan fingerprint density at radius 2 is 2.00 bits per heavy atom. The molecule has 0 aliphatic carbocycles. The first-order chi connectivity index (χ1) is 8.97. The number of carbonyl (C=O) groups is 1. The second-order valence-corrected chi connectivity index (χ2v) is 5.22. The summed E-state index contributed by atoms with van der Waals surface area (Å²) in [5.41, 5.74) is 0.317. The molecule has 0 bridgehead atoms. The van der Waals surface area contributed by atoms with Gasteiger partial charge in [-0.15, -0.1) is 0 Å². The van der Waals surface area contributed by atoms with E-state index in [4.69, 9.17) is 0 Å². The zero-order valence-electron chi connectivity index (χ0n) is 10.3. The molecule has 0 N–H and O–H groups in total. The van der Waals surface area contributed by atoms with E-state index < -0.39 is 11.7 Å². The first-order valence-electron chi connectivity index (χ1n) is 6.48. The lowest BCUT2D eigenvalue weighted by Gasteiger charge is -2.40. The summed E-state index contributed by atoms with van der Waals surface area (Å²) in [7, 11) is 0. The molecule has 19 heavy (non-hydrogen) atoms. The molecule has 0 spiro atoms. The highest BCUT2D eigenvalue weighted by atomic mass is 19.4. The molecule has 1 fully saturated rings. The van der Waals surface area contributed by atoms with Crippen molar-refractivity contribution in [3.8, 4) is 0 Å². The number of carbonyl (C=O) groups excluding carboxylic acids is 1. The van der Waals surface area contributed by atoms with Crippen molar-refractivity contribution in [2.75, 3.05) is 6.54 Å². The number of hydrogen-bond acceptors (Lipinski definition) is 1. The highest BCUT2D eigenvalue weighted by Crippen LogP contribution is 2.34. The van der Waals surface area contributed by atoms with Crippen LogP contribution >= 0.6 is 0 Å². The van der Waals surface area contributed by atoms with E-state index in [0.29, 0.717) is 17.5 Å². The van der Waals surface area contributed by atoms with Crippen LogP contribution in [0.5, 0.6) is 0 Å². The van der Waals surface area contributed by atoms with Crippen molar-refractivity contribution in [2.24, 2.45) is 0 Å². The average molecular weight is 269 g/mol. The van der Waals surface area contributed by atoms with Gasteiger partial charge in [0, 0.05) is 18.2 Å². The van der Waals surface area contributed by atoms with Crippen LogP contribution in [-0.4, -0.2) is 23.4 Å². The quantitative estimate of drug-likeness (QED) is 0.708. The van der Waals surface area contributed by atoms with Gasteiger partial charge in [-0.3, -0.25) is 4.79 Å². The van der Waals surface area contributed by atoms with Crippen LogP contribution < -0.4 is 0 Å². The minimum absolute atomic E-state index is 0.0808. The van der Waals surface area contributed by atoms with Gasteiger partial charge in [-0.2, -0.15) is 13.2 Å². The monoisotopic (exact) mass is 269 g/mol. The normalized spacial score (nSPS) is 23.0. The molecule has 5 heteroatoms.